The Morgan fingerprint density at radius 3 is 2.54 bits per heavy atom. The number of nitrogens with zero attached hydrogens (tertiary/aromatic N) is 1. The van der Waals surface area contributed by atoms with E-state index in [0.717, 1.165) is 32.2 Å². The van der Waals surface area contributed by atoms with E-state index in [0.29, 0.717) is 0 Å². The number of amides is 1. The minimum absolute atomic E-state index is 0.0631. The smallest absolute Gasteiger partial charge is 0.251 e. The number of hydrogen-bond acceptors (Lipinski definition) is 6. The minimum Gasteiger partial charge on any atom is -0.347 e. The van der Waals surface area contributed by atoms with Crippen molar-refractivity contribution in [2.75, 3.05) is 35.6 Å². The molecule has 10 heteroatoms. The molecule has 1 aromatic carbocycles. The Morgan fingerprint density at radius 1 is 1.19 bits per heavy atom. The van der Waals surface area contributed by atoms with Gasteiger partial charge in [0.2, 0.25) is 10.0 Å². The van der Waals surface area contributed by atoms with Crippen molar-refractivity contribution in [1.29, 1.82) is 0 Å². The van der Waals surface area contributed by atoms with Gasteiger partial charge >= 0.3 is 0 Å². The lowest BCUT2D eigenvalue weighted by atomic mass is 10.1. The van der Waals surface area contributed by atoms with Crippen LogP contribution in [0.3, 0.4) is 0 Å². The number of anilines is 1. The van der Waals surface area contributed by atoms with Crippen molar-refractivity contribution < 1.29 is 21.6 Å². The van der Waals surface area contributed by atoms with Crippen LogP contribution < -0.4 is 10.0 Å². The highest BCUT2D eigenvalue weighted by atomic mass is 32.2. The number of sulfonamides is 1. The molecule has 0 bridgehead atoms. The number of hydrogen-bond donors (Lipinski definition) is 2. The molecule has 26 heavy (non-hydrogen) atoms. The average Bonchev–Trinajstić information content (AvgIpc) is 3.13. The lowest BCUT2D eigenvalue weighted by Crippen LogP contribution is -2.50. The zero-order valence-electron chi connectivity index (χ0n) is 14.5. The summed E-state index contributed by atoms with van der Waals surface area (Å²) in [6.07, 6.45) is 3.11. The van der Waals surface area contributed by atoms with Crippen molar-refractivity contribution in [2.24, 2.45) is 0 Å². The van der Waals surface area contributed by atoms with E-state index >= 15 is 0 Å². The molecule has 2 aliphatic rings. The second kappa shape index (κ2) is 7.16. The van der Waals surface area contributed by atoms with E-state index in [1.165, 1.54) is 6.07 Å². The average molecular weight is 402 g/mol. The Labute approximate surface area is 153 Å². The van der Waals surface area contributed by atoms with Gasteiger partial charge in [0, 0.05) is 17.3 Å². The second-order valence-electron chi connectivity index (χ2n) is 6.92. The van der Waals surface area contributed by atoms with Gasteiger partial charge in [-0.1, -0.05) is 6.07 Å². The van der Waals surface area contributed by atoms with Gasteiger partial charge in [0.15, 0.2) is 9.84 Å². The lowest BCUT2D eigenvalue weighted by molar-refractivity contribution is 0.0918. The van der Waals surface area contributed by atoms with Crippen LogP contribution in [0.2, 0.25) is 0 Å². The Bertz CT molecular complexity index is 892. The number of benzene rings is 1. The number of carbonyl (C=O) groups excluding carboxylic acids is 1. The molecule has 1 aromatic rings. The molecule has 0 radical (unpaired) electrons. The highest BCUT2D eigenvalue weighted by Gasteiger charge is 2.42. The van der Waals surface area contributed by atoms with Crippen molar-refractivity contribution >= 4 is 31.5 Å². The third kappa shape index (κ3) is 4.74. The van der Waals surface area contributed by atoms with Gasteiger partial charge in [0.1, 0.15) is 0 Å². The minimum atomic E-state index is -3.44. The maximum absolute atomic E-state index is 12.6. The van der Waals surface area contributed by atoms with Gasteiger partial charge in [-0.25, -0.2) is 16.8 Å². The van der Waals surface area contributed by atoms with Crippen LogP contribution in [-0.2, 0) is 19.9 Å². The number of sulfone groups is 1. The molecule has 2 atom stereocenters. The van der Waals surface area contributed by atoms with Crippen LogP contribution >= 0.6 is 0 Å². The van der Waals surface area contributed by atoms with Crippen LogP contribution in [0.1, 0.15) is 23.2 Å². The van der Waals surface area contributed by atoms with Crippen molar-refractivity contribution in [3.8, 4) is 0 Å². The molecule has 8 nitrogen and oxygen atoms in total. The van der Waals surface area contributed by atoms with Gasteiger partial charge in [-0.05, 0) is 44.1 Å². The number of nitrogens with one attached hydrogen (secondary N) is 2. The quantitative estimate of drug-likeness (QED) is 0.721. The van der Waals surface area contributed by atoms with Gasteiger partial charge < -0.3 is 5.32 Å². The third-order valence-electron chi connectivity index (χ3n) is 4.68. The molecule has 2 aliphatic heterocycles. The third-order valence-corrected chi connectivity index (χ3v) is 7.00. The highest BCUT2D eigenvalue weighted by molar-refractivity contribution is 7.92. The predicted molar refractivity (Wildman–Crippen MR) is 99.4 cm³/mol. The lowest BCUT2D eigenvalue weighted by Gasteiger charge is -2.28. The van der Waals surface area contributed by atoms with Crippen molar-refractivity contribution in [1.82, 2.24) is 10.2 Å². The van der Waals surface area contributed by atoms with Crippen LogP contribution in [0.25, 0.3) is 0 Å². The standard InChI is InChI=1S/C16H23N3O5S2/c1-25(21,22)18-13-6-4-5-12(9-13)16(20)17-14-10-26(23,24)11-15(14)19-7-2-3-8-19/h4-6,9,14-15,18H,2-3,7-8,10-11H2,1H3,(H,17,20)/t14-,15+/m0/s1. The molecule has 0 unspecified atom stereocenters. The monoisotopic (exact) mass is 401 g/mol. The maximum Gasteiger partial charge on any atom is 0.251 e. The van der Waals surface area contributed by atoms with Crippen molar-refractivity contribution in [2.45, 2.75) is 24.9 Å². The van der Waals surface area contributed by atoms with Crippen LogP contribution in [-0.4, -0.2) is 70.6 Å². The molecular weight excluding hydrogens is 378 g/mol. The van der Waals surface area contributed by atoms with Gasteiger partial charge in [-0.15, -0.1) is 0 Å². The summed E-state index contributed by atoms with van der Waals surface area (Å²) >= 11 is 0. The fraction of sp³-hybridized carbons (Fsp3) is 0.562. The largest absolute Gasteiger partial charge is 0.347 e. The Morgan fingerprint density at radius 2 is 1.88 bits per heavy atom. The number of rotatable bonds is 5. The van der Waals surface area contributed by atoms with E-state index in [4.69, 9.17) is 0 Å². The first-order valence-electron chi connectivity index (χ1n) is 8.46. The van der Waals surface area contributed by atoms with E-state index in [9.17, 15) is 21.6 Å². The molecule has 1 amide bonds. The molecule has 0 saturated carbocycles. The Hall–Kier alpha value is -1.65. The zero-order chi connectivity index (χ0) is 18.9. The fourth-order valence-electron chi connectivity index (χ4n) is 3.59. The van der Waals surface area contributed by atoms with Crippen LogP contribution in [0.5, 0.6) is 0 Å². The summed E-state index contributed by atoms with van der Waals surface area (Å²) in [5, 5.41) is 2.83. The first-order valence-corrected chi connectivity index (χ1v) is 12.2. The normalized spacial score (nSPS) is 25.9. The van der Waals surface area contributed by atoms with Gasteiger partial charge in [-0.3, -0.25) is 14.4 Å². The van der Waals surface area contributed by atoms with Crippen LogP contribution in [0.15, 0.2) is 24.3 Å². The highest BCUT2D eigenvalue weighted by Crippen LogP contribution is 2.23. The molecule has 0 spiro atoms. The molecule has 144 valence electrons. The molecular formula is C16H23N3O5S2. The molecule has 2 heterocycles. The number of carbonyl (C=O) groups is 1. The summed E-state index contributed by atoms with van der Waals surface area (Å²) in [6.45, 7) is 1.70. The van der Waals surface area contributed by atoms with Gasteiger partial charge in [0.05, 0.1) is 23.8 Å². The van der Waals surface area contributed by atoms with Gasteiger partial charge in [-0.2, -0.15) is 0 Å². The van der Waals surface area contributed by atoms with Crippen molar-refractivity contribution in [3.63, 3.8) is 0 Å². The molecule has 2 N–H and O–H groups in total. The SMILES string of the molecule is CS(=O)(=O)Nc1cccc(C(=O)N[C@H]2CS(=O)(=O)C[C@H]2N2CCCC2)c1. The fourth-order valence-corrected chi connectivity index (χ4v) is 6.10. The van der Waals surface area contributed by atoms with E-state index < -0.39 is 31.8 Å². The summed E-state index contributed by atoms with van der Waals surface area (Å²) in [5.74, 6) is -0.414. The van der Waals surface area contributed by atoms with Gasteiger partial charge in [0.25, 0.3) is 5.91 Å². The number of likely N-dealkylation sites (tertiary alicyclic amines) is 1. The molecule has 2 fully saturated rings. The second-order valence-corrected chi connectivity index (χ2v) is 10.8. The molecule has 0 aromatic heterocycles. The summed E-state index contributed by atoms with van der Waals surface area (Å²) < 4.78 is 49.2. The molecule has 2 saturated heterocycles. The summed E-state index contributed by atoms with van der Waals surface area (Å²) in [7, 11) is -6.64. The molecule has 3 rings (SSSR count). The summed E-state index contributed by atoms with van der Waals surface area (Å²) in [4.78, 5) is 14.7. The molecule has 0 aliphatic carbocycles. The summed E-state index contributed by atoms with van der Waals surface area (Å²) in [6, 6.07) is 5.46. The Kier molecular flexibility index (Phi) is 5.27. The maximum atomic E-state index is 12.6. The zero-order valence-corrected chi connectivity index (χ0v) is 16.1. The van der Waals surface area contributed by atoms with E-state index in [-0.39, 0.29) is 28.8 Å². The van der Waals surface area contributed by atoms with Crippen LogP contribution in [0, 0.1) is 0 Å². The van der Waals surface area contributed by atoms with Crippen molar-refractivity contribution in [3.05, 3.63) is 29.8 Å². The summed E-state index contributed by atoms with van der Waals surface area (Å²) in [5.41, 5.74) is 0.568. The topological polar surface area (TPSA) is 113 Å². The van der Waals surface area contributed by atoms with E-state index in [1.54, 1.807) is 18.2 Å². The predicted octanol–water partition coefficient (Wildman–Crippen LogP) is 0.0493. The first-order chi connectivity index (χ1) is 12.1. The van der Waals surface area contributed by atoms with E-state index in [1.807, 2.05) is 0 Å². The Balaban J connectivity index is 1.75. The van der Waals surface area contributed by atoms with Crippen LogP contribution in [0.4, 0.5) is 5.69 Å². The van der Waals surface area contributed by atoms with E-state index in [2.05, 4.69) is 14.9 Å². The first kappa shape index (κ1) is 19.1.